The lowest BCUT2D eigenvalue weighted by molar-refractivity contribution is -0.133. The van der Waals surface area contributed by atoms with E-state index in [1.807, 2.05) is 0 Å². The first-order valence-corrected chi connectivity index (χ1v) is 7.50. The maximum absolute atomic E-state index is 11.9. The van der Waals surface area contributed by atoms with Crippen LogP contribution in [-0.2, 0) is 19.1 Å². The van der Waals surface area contributed by atoms with Gasteiger partial charge in [-0.25, -0.2) is 0 Å². The van der Waals surface area contributed by atoms with E-state index < -0.39 is 16.1 Å². The smallest absolute Gasteiger partial charge is 0.341 e. The van der Waals surface area contributed by atoms with Gasteiger partial charge in [-0.1, -0.05) is 18.9 Å². The minimum atomic E-state index is -4.10. The Labute approximate surface area is 119 Å². The molecule has 0 unspecified atom stereocenters. The van der Waals surface area contributed by atoms with Gasteiger partial charge in [0.15, 0.2) is 0 Å². The van der Waals surface area contributed by atoms with Gasteiger partial charge in [0.2, 0.25) is 0 Å². The first kappa shape index (κ1) is 16.1. The molecule has 0 saturated carbocycles. The first-order chi connectivity index (χ1) is 9.49. The summed E-state index contributed by atoms with van der Waals surface area (Å²) in [6, 6.07) is 5.75. The van der Waals surface area contributed by atoms with E-state index >= 15 is 0 Å². The number of rotatable bonds is 6. The summed E-state index contributed by atoms with van der Waals surface area (Å²) in [5.74, 6) is 4.94. The lowest BCUT2D eigenvalue weighted by Crippen LogP contribution is -2.13. The fraction of sp³-hybridized carbons (Fsp3) is 0.357. The van der Waals surface area contributed by atoms with Crippen LogP contribution in [0.1, 0.15) is 26.7 Å². The second kappa shape index (κ2) is 7.56. The van der Waals surface area contributed by atoms with Crippen molar-refractivity contribution in [2.75, 3.05) is 6.61 Å². The molecule has 0 amide bonds. The largest absolute Gasteiger partial charge is 0.481 e. The van der Waals surface area contributed by atoms with E-state index in [4.69, 9.17) is 4.74 Å². The average Bonchev–Trinajstić information content (AvgIpc) is 2.39. The van der Waals surface area contributed by atoms with Crippen molar-refractivity contribution in [1.82, 2.24) is 0 Å². The van der Waals surface area contributed by atoms with Crippen LogP contribution in [0.2, 0.25) is 0 Å². The number of hydrogen-bond acceptors (Lipinski definition) is 5. The summed E-state index contributed by atoms with van der Waals surface area (Å²) in [5, 5.41) is 0. The second-order valence-electron chi connectivity index (χ2n) is 3.85. The van der Waals surface area contributed by atoms with Crippen molar-refractivity contribution in [2.45, 2.75) is 31.6 Å². The highest BCUT2D eigenvalue weighted by Gasteiger charge is 2.20. The van der Waals surface area contributed by atoms with Crippen LogP contribution < -0.4 is 4.74 Å². The Kier molecular flexibility index (Phi) is 6.07. The number of hydrogen-bond donors (Lipinski definition) is 0. The molecular formula is C14H16O5S. The summed E-state index contributed by atoms with van der Waals surface area (Å²) in [7, 11) is -4.10. The molecule has 5 nitrogen and oxygen atoms in total. The highest BCUT2D eigenvalue weighted by Crippen LogP contribution is 2.19. The van der Waals surface area contributed by atoms with E-state index in [1.54, 1.807) is 19.9 Å². The third kappa shape index (κ3) is 4.94. The molecule has 0 saturated heterocycles. The van der Waals surface area contributed by atoms with Gasteiger partial charge in [0, 0.05) is 12.5 Å². The summed E-state index contributed by atoms with van der Waals surface area (Å²) >= 11 is 0. The monoisotopic (exact) mass is 296 g/mol. The van der Waals surface area contributed by atoms with E-state index in [-0.39, 0.29) is 17.9 Å². The molecule has 1 aromatic rings. The van der Waals surface area contributed by atoms with Gasteiger partial charge in [0.25, 0.3) is 0 Å². The van der Waals surface area contributed by atoms with Crippen LogP contribution in [0.15, 0.2) is 29.2 Å². The highest BCUT2D eigenvalue weighted by atomic mass is 32.2. The summed E-state index contributed by atoms with van der Waals surface area (Å²) < 4.78 is 33.5. The highest BCUT2D eigenvalue weighted by molar-refractivity contribution is 7.87. The van der Waals surface area contributed by atoms with Crippen molar-refractivity contribution in [3.8, 4) is 17.6 Å². The number of carbonyl (C=O) groups excluding carboxylic acids is 1. The van der Waals surface area contributed by atoms with Crippen LogP contribution in [-0.4, -0.2) is 21.0 Å². The van der Waals surface area contributed by atoms with Gasteiger partial charge >= 0.3 is 16.1 Å². The molecule has 6 heteroatoms. The topological polar surface area (TPSA) is 69.7 Å². The van der Waals surface area contributed by atoms with Gasteiger partial charge in [-0.05, 0) is 25.5 Å². The third-order valence-corrected chi connectivity index (χ3v) is 3.48. The molecule has 0 aliphatic heterocycles. The molecular weight excluding hydrogens is 280 g/mol. The molecule has 0 radical (unpaired) electrons. The fourth-order valence-electron chi connectivity index (χ4n) is 1.33. The molecule has 0 heterocycles. The molecule has 1 aromatic carbocycles. The molecule has 0 N–H and O–H groups in total. The quantitative estimate of drug-likeness (QED) is 0.594. The molecule has 0 aliphatic rings. The molecule has 0 aromatic heterocycles. The zero-order valence-corrected chi connectivity index (χ0v) is 12.2. The molecule has 20 heavy (non-hydrogen) atoms. The van der Waals surface area contributed by atoms with E-state index in [0.29, 0.717) is 12.2 Å². The maximum Gasteiger partial charge on any atom is 0.341 e. The minimum Gasteiger partial charge on any atom is -0.481 e. The molecule has 0 spiro atoms. The predicted octanol–water partition coefficient (Wildman–Crippen LogP) is 2.12. The minimum absolute atomic E-state index is 0.0571. The van der Waals surface area contributed by atoms with Gasteiger partial charge in [0.1, 0.15) is 17.3 Å². The summed E-state index contributed by atoms with van der Waals surface area (Å²) in [6.45, 7) is 3.60. The van der Waals surface area contributed by atoms with Gasteiger partial charge in [-0.2, -0.15) is 8.42 Å². The van der Waals surface area contributed by atoms with E-state index in [0.717, 1.165) is 0 Å². The third-order valence-electron chi connectivity index (χ3n) is 2.24. The summed E-state index contributed by atoms with van der Waals surface area (Å²) in [6.07, 6.45) is 0.578. The van der Waals surface area contributed by atoms with Crippen LogP contribution in [0.5, 0.6) is 5.75 Å². The molecule has 0 atom stereocenters. The number of carbonyl (C=O) groups is 1. The van der Waals surface area contributed by atoms with Crippen LogP contribution in [0.3, 0.4) is 0 Å². The van der Waals surface area contributed by atoms with Crippen molar-refractivity contribution in [1.29, 1.82) is 0 Å². The first-order valence-electron chi connectivity index (χ1n) is 6.09. The van der Waals surface area contributed by atoms with E-state index in [9.17, 15) is 13.2 Å². The Balaban J connectivity index is 2.86. The van der Waals surface area contributed by atoms with Gasteiger partial charge in [-0.3, -0.25) is 4.79 Å². The standard InChI is InChI=1S/C14H16O5S/c1-3-5-10-18-12-8-6-9-13(11-12)20(16,17)19-14(15)7-4-2/h6,8-9,11H,4,7,10H2,1-2H3. The number of ether oxygens (including phenoxy) is 1. The SMILES string of the molecule is CC#CCOc1cccc(S(=O)(=O)OC(=O)CCC)c1. The summed E-state index contributed by atoms with van der Waals surface area (Å²) in [4.78, 5) is 11.2. The Morgan fingerprint density at radius 2 is 2.10 bits per heavy atom. The van der Waals surface area contributed by atoms with Gasteiger partial charge in [-0.15, -0.1) is 5.92 Å². The fourth-order valence-corrected chi connectivity index (χ4v) is 2.26. The van der Waals surface area contributed by atoms with Gasteiger partial charge in [0.05, 0.1) is 0 Å². The van der Waals surface area contributed by atoms with Crippen LogP contribution in [0, 0.1) is 11.8 Å². The van der Waals surface area contributed by atoms with Crippen molar-refractivity contribution >= 4 is 16.1 Å². The van der Waals surface area contributed by atoms with Crippen molar-refractivity contribution in [3.63, 3.8) is 0 Å². The number of benzene rings is 1. The zero-order chi connectivity index (χ0) is 15.0. The normalized spacial score (nSPS) is 10.3. The molecule has 0 aliphatic carbocycles. The maximum atomic E-state index is 11.9. The second-order valence-corrected chi connectivity index (χ2v) is 5.40. The lowest BCUT2D eigenvalue weighted by atomic mass is 10.3. The van der Waals surface area contributed by atoms with Crippen molar-refractivity contribution in [3.05, 3.63) is 24.3 Å². The summed E-state index contributed by atoms with van der Waals surface area (Å²) in [5.41, 5.74) is 0. The zero-order valence-electron chi connectivity index (χ0n) is 11.4. The molecule has 1 rings (SSSR count). The average molecular weight is 296 g/mol. The Morgan fingerprint density at radius 3 is 2.75 bits per heavy atom. The molecule has 108 valence electrons. The molecule has 0 fully saturated rings. The van der Waals surface area contributed by atoms with Crippen LogP contribution in [0.25, 0.3) is 0 Å². The lowest BCUT2D eigenvalue weighted by Gasteiger charge is -2.07. The van der Waals surface area contributed by atoms with Crippen LogP contribution >= 0.6 is 0 Å². The van der Waals surface area contributed by atoms with Crippen molar-refractivity contribution in [2.24, 2.45) is 0 Å². The molecule has 0 bridgehead atoms. The van der Waals surface area contributed by atoms with Crippen LogP contribution in [0.4, 0.5) is 0 Å². The van der Waals surface area contributed by atoms with Gasteiger partial charge < -0.3 is 8.92 Å². The van der Waals surface area contributed by atoms with E-state index in [2.05, 4.69) is 16.0 Å². The Hall–Kier alpha value is -2.00. The van der Waals surface area contributed by atoms with E-state index in [1.165, 1.54) is 18.2 Å². The van der Waals surface area contributed by atoms with Crippen molar-refractivity contribution < 1.29 is 22.1 Å². The Bertz CT molecular complexity index is 622. The Morgan fingerprint density at radius 1 is 1.35 bits per heavy atom. The predicted molar refractivity (Wildman–Crippen MR) is 73.6 cm³/mol.